The summed E-state index contributed by atoms with van der Waals surface area (Å²) in [4.78, 5) is 33.7. The van der Waals surface area contributed by atoms with Crippen LogP contribution in [0.15, 0.2) is 52.9 Å². The summed E-state index contributed by atoms with van der Waals surface area (Å²) in [5.74, 6) is 1.39. The molecular weight excluding hydrogens is 382 g/mol. The molecule has 3 heterocycles. The third kappa shape index (κ3) is 3.25. The van der Waals surface area contributed by atoms with Crippen molar-refractivity contribution in [3.63, 3.8) is 0 Å². The maximum absolute atomic E-state index is 13.0. The standard InChI is InChI=1S/C23H23N3O4/c1-29-17-8-6-16(7-9-17)26-21(27)14-19(23(26)28)25-12-10-15(11-13-25)22-24-18-4-2-3-5-20(18)30-22/h2-9,15,19H,10-14H2,1H3/t19-/m1/s1. The predicted octanol–water partition coefficient (Wildman–Crippen LogP) is 3.35. The molecule has 1 atom stereocenters. The lowest BCUT2D eigenvalue weighted by molar-refractivity contribution is -0.123. The first-order chi connectivity index (χ1) is 14.6. The molecule has 0 saturated carbocycles. The summed E-state index contributed by atoms with van der Waals surface area (Å²) in [6, 6.07) is 14.4. The topological polar surface area (TPSA) is 75.9 Å². The lowest BCUT2D eigenvalue weighted by Crippen LogP contribution is -2.45. The second kappa shape index (κ2) is 7.57. The van der Waals surface area contributed by atoms with Gasteiger partial charge >= 0.3 is 0 Å². The Labute approximate surface area is 174 Å². The van der Waals surface area contributed by atoms with Gasteiger partial charge in [0.1, 0.15) is 11.3 Å². The molecule has 154 valence electrons. The number of anilines is 1. The Hall–Kier alpha value is -3.19. The Morgan fingerprint density at radius 3 is 2.47 bits per heavy atom. The first-order valence-corrected chi connectivity index (χ1v) is 10.2. The Kier molecular flexibility index (Phi) is 4.75. The number of methoxy groups -OCH3 is 1. The van der Waals surface area contributed by atoms with Crippen molar-refractivity contribution < 1.29 is 18.7 Å². The zero-order chi connectivity index (χ0) is 20.7. The van der Waals surface area contributed by atoms with Crippen molar-refractivity contribution in [1.82, 2.24) is 9.88 Å². The highest BCUT2D eigenvalue weighted by atomic mass is 16.5. The van der Waals surface area contributed by atoms with Crippen LogP contribution in [0.1, 0.15) is 31.1 Å². The fourth-order valence-electron chi connectivity index (χ4n) is 4.43. The van der Waals surface area contributed by atoms with Crippen LogP contribution in [0.4, 0.5) is 5.69 Å². The molecule has 0 N–H and O–H groups in total. The third-order valence-corrected chi connectivity index (χ3v) is 6.08. The molecule has 2 amide bonds. The van der Waals surface area contributed by atoms with Gasteiger partial charge in [-0.25, -0.2) is 9.88 Å². The average Bonchev–Trinajstić information content (AvgIpc) is 3.34. The monoisotopic (exact) mass is 405 g/mol. The van der Waals surface area contributed by atoms with Crippen LogP contribution in [0, 0.1) is 0 Å². The minimum Gasteiger partial charge on any atom is -0.497 e. The summed E-state index contributed by atoms with van der Waals surface area (Å²) in [5.41, 5.74) is 2.28. The minimum absolute atomic E-state index is 0.148. The SMILES string of the molecule is COc1ccc(N2C(=O)C[C@@H](N3CCC(c4nc5ccccc5o4)CC3)C2=O)cc1. The average molecular weight is 405 g/mol. The highest BCUT2D eigenvalue weighted by molar-refractivity contribution is 6.22. The number of hydrogen-bond donors (Lipinski definition) is 0. The highest BCUT2D eigenvalue weighted by Gasteiger charge is 2.43. The number of amides is 2. The Balaban J connectivity index is 1.26. The Bertz CT molecular complexity index is 1050. The Morgan fingerprint density at radius 2 is 1.77 bits per heavy atom. The van der Waals surface area contributed by atoms with Crippen molar-refractivity contribution in [2.75, 3.05) is 25.1 Å². The predicted molar refractivity (Wildman–Crippen MR) is 111 cm³/mol. The molecule has 0 bridgehead atoms. The van der Waals surface area contributed by atoms with Crippen molar-refractivity contribution in [1.29, 1.82) is 0 Å². The molecule has 2 fully saturated rings. The van der Waals surface area contributed by atoms with Gasteiger partial charge in [-0.05, 0) is 62.3 Å². The molecule has 7 heteroatoms. The number of imide groups is 1. The number of aromatic nitrogens is 1. The molecule has 2 saturated heterocycles. The molecule has 7 nitrogen and oxygen atoms in total. The number of piperidine rings is 1. The molecular formula is C23H23N3O4. The van der Waals surface area contributed by atoms with E-state index < -0.39 is 6.04 Å². The number of para-hydroxylation sites is 2. The first-order valence-electron chi connectivity index (χ1n) is 10.2. The molecule has 0 unspecified atom stereocenters. The summed E-state index contributed by atoms with van der Waals surface area (Å²) in [7, 11) is 1.59. The van der Waals surface area contributed by atoms with Crippen molar-refractivity contribution in [2.24, 2.45) is 0 Å². The van der Waals surface area contributed by atoms with Gasteiger partial charge < -0.3 is 9.15 Å². The number of carbonyl (C=O) groups excluding carboxylic acids is 2. The van der Waals surface area contributed by atoms with Crippen molar-refractivity contribution >= 4 is 28.6 Å². The van der Waals surface area contributed by atoms with Crippen LogP contribution in [0.2, 0.25) is 0 Å². The number of likely N-dealkylation sites (tertiary alicyclic amines) is 1. The van der Waals surface area contributed by atoms with Gasteiger partial charge in [-0.15, -0.1) is 0 Å². The zero-order valence-electron chi connectivity index (χ0n) is 16.8. The van der Waals surface area contributed by atoms with Crippen LogP contribution < -0.4 is 9.64 Å². The molecule has 30 heavy (non-hydrogen) atoms. The fraction of sp³-hybridized carbons (Fsp3) is 0.348. The number of rotatable bonds is 4. The van der Waals surface area contributed by atoms with E-state index in [1.165, 1.54) is 4.90 Å². The van der Waals surface area contributed by atoms with Gasteiger partial charge in [-0.3, -0.25) is 14.5 Å². The van der Waals surface area contributed by atoms with Crippen molar-refractivity contribution in [3.05, 3.63) is 54.4 Å². The number of oxazole rings is 1. The number of benzene rings is 2. The van der Waals surface area contributed by atoms with Crippen molar-refractivity contribution in [2.45, 2.75) is 31.2 Å². The number of fused-ring (bicyclic) bond motifs is 1. The summed E-state index contributed by atoms with van der Waals surface area (Å²) in [6.45, 7) is 1.48. The number of nitrogens with zero attached hydrogens (tertiary/aromatic N) is 3. The van der Waals surface area contributed by atoms with Gasteiger partial charge in [-0.2, -0.15) is 0 Å². The van der Waals surface area contributed by atoms with E-state index in [0.29, 0.717) is 11.4 Å². The van der Waals surface area contributed by atoms with E-state index in [2.05, 4.69) is 9.88 Å². The summed E-state index contributed by atoms with van der Waals surface area (Å²) in [5, 5.41) is 0. The van der Waals surface area contributed by atoms with E-state index in [4.69, 9.17) is 9.15 Å². The van der Waals surface area contributed by atoms with E-state index in [1.807, 2.05) is 24.3 Å². The van der Waals surface area contributed by atoms with Crippen LogP contribution in [0.5, 0.6) is 5.75 Å². The molecule has 0 radical (unpaired) electrons. The molecule has 2 aliphatic heterocycles. The molecule has 2 aliphatic rings. The fourth-order valence-corrected chi connectivity index (χ4v) is 4.43. The second-order valence-electron chi connectivity index (χ2n) is 7.82. The smallest absolute Gasteiger partial charge is 0.251 e. The largest absolute Gasteiger partial charge is 0.497 e. The molecule has 0 spiro atoms. The van der Waals surface area contributed by atoms with Gasteiger partial charge in [0, 0.05) is 5.92 Å². The number of carbonyl (C=O) groups is 2. The van der Waals surface area contributed by atoms with Gasteiger partial charge in [0.05, 0.1) is 25.3 Å². The Morgan fingerprint density at radius 1 is 1.03 bits per heavy atom. The zero-order valence-corrected chi connectivity index (χ0v) is 16.8. The molecule has 3 aromatic rings. The molecule has 2 aromatic carbocycles. The quantitative estimate of drug-likeness (QED) is 0.620. The summed E-state index contributed by atoms with van der Waals surface area (Å²) in [6.07, 6.45) is 1.93. The van der Waals surface area contributed by atoms with E-state index in [0.717, 1.165) is 42.9 Å². The summed E-state index contributed by atoms with van der Waals surface area (Å²) < 4.78 is 11.1. The lowest BCUT2D eigenvalue weighted by atomic mass is 9.95. The maximum atomic E-state index is 13.0. The van der Waals surface area contributed by atoms with E-state index in [-0.39, 0.29) is 24.2 Å². The van der Waals surface area contributed by atoms with Crippen LogP contribution in [-0.2, 0) is 9.59 Å². The van der Waals surface area contributed by atoms with Crippen LogP contribution in [-0.4, -0.2) is 47.9 Å². The normalized spacial score (nSPS) is 21.0. The van der Waals surface area contributed by atoms with Crippen LogP contribution in [0.3, 0.4) is 0 Å². The van der Waals surface area contributed by atoms with Crippen LogP contribution in [0.25, 0.3) is 11.1 Å². The van der Waals surface area contributed by atoms with E-state index in [1.54, 1.807) is 31.4 Å². The van der Waals surface area contributed by atoms with Gasteiger partial charge in [-0.1, -0.05) is 12.1 Å². The molecule has 1 aromatic heterocycles. The van der Waals surface area contributed by atoms with E-state index >= 15 is 0 Å². The number of ether oxygens (including phenoxy) is 1. The van der Waals surface area contributed by atoms with Crippen LogP contribution >= 0.6 is 0 Å². The van der Waals surface area contributed by atoms with E-state index in [9.17, 15) is 9.59 Å². The minimum atomic E-state index is -0.399. The van der Waals surface area contributed by atoms with Crippen molar-refractivity contribution in [3.8, 4) is 5.75 Å². The highest BCUT2D eigenvalue weighted by Crippen LogP contribution is 2.33. The summed E-state index contributed by atoms with van der Waals surface area (Å²) >= 11 is 0. The molecule has 5 rings (SSSR count). The number of hydrogen-bond acceptors (Lipinski definition) is 6. The first kappa shape index (κ1) is 18.8. The molecule has 0 aliphatic carbocycles. The second-order valence-corrected chi connectivity index (χ2v) is 7.82. The maximum Gasteiger partial charge on any atom is 0.251 e. The van der Waals surface area contributed by atoms with Gasteiger partial charge in [0.25, 0.3) is 5.91 Å². The lowest BCUT2D eigenvalue weighted by Gasteiger charge is -2.33. The van der Waals surface area contributed by atoms with Gasteiger partial charge in [0.2, 0.25) is 5.91 Å². The van der Waals surface area contributed by atoms with Gasteiger partial charge in [0.15, 0.2) is 11.5 Å². The third-order valence-electron chi connectivity index (χ3n) is 6.08.